The first-order chi connectivity index (χ1) is 19.0. The van der Waals surface area contributed by atoms with Crippen molar-refractivity contribution in [2.24, 2.45) is 5.92 Å². The van der Waals surface area contributed by atoms with Gasteiger partial charge in [0.05, 0.1) is 10.2 Å². The van der Waals surface area contributed by atoms with Gasteiger partial charge in [0.2, 0.25) is 5.91 Å². The van der Waals surface area contributed by atoms with E-state index >= 15 is 4.39 Å². The molecule has 3 heterocycles. The molecule has 216 valence electrons. The van der Waals surface area contributed by atoms with E-state index < -0.39 is 11.4 Å². The van der Waals surface area contributed by atoms with Crippen LogP contribution in [-0.4, -0.2) is 58.6 Å². The molecule has 0 radical (unpaired) electrons. The standard InChI is InChI=1S/C30H39FN4O4S/c1-6-34(7-2)19-22-18-24-28(40-22)26(10-13-32-24)38-25-9-8-21(17-23(25)31)33-27(36)16-20-11-14-35(15-12-20)29(37)39-30(3,4)5/h8-10,13,17-18,20H,6-7,11-12,14-16,19H2,1-5H3,(H,33,36). The van der Waals surface area contributed by atoms with E-state index in [1.165, 1.54) is 17.0 Å². The molecule has 0 atom stereocenters. The number of hydrogen-bond donors (Lipinski definition) is 1. The molecule has 40 heavy (non-hydrogen) atoms. The number of halogens is 1. The first-order valence-electron chi connectivity index (χ1n) is 13.9. The van der Waals surface area contributed by atoms with Gasteiger partial charge in [-0.25, -0.2) is 9.18 Å². The van der Waals surface area contributed by atoms with Crippen molar-refractivity contribution in [3.05, 3.63) is 47.2 Å². The predicted molar refractivity (Wildman–Crippen MR) is 156 cm³/mol. The SMILES string of the molecule is CCN(CC)Cc1cc2nccc(Oc3ccc(NC(=O)CC4CCN(C(=O)OC(C)(C)C)CC4)cc3F)c2s1. The first-order valence-corrected chi connectivity index (χ1v) is 14.7. The van der Waals surface area contributed by atoms with Crippen LogP contribution in [0.4, 0.5) is 14.9 Å². The highest BCUT2D eigenvalue weighted by atomic mass is 32.1. The lowest BCUT2D eigenvalue weighted by atomic mass is 9.93. The van der Waals surface area contributed by atoms with Crippen LogP contribution in [0.1, 0.15) is 58.8 Å². The van der Waals surface area contributed by atoms with Gasteiger partial charge in [-0.3, -0.25) is 14.7 Å². The predicted octanol–water partition coefficient (Wildman–Crippen LogP) is 7.05. The molecule has 2 aromatic heterocycles. The fraction of sp³-hybridized carbons (Fsp3) is 0.500. The van der Waals surface area contributed by atoms with Gasteiger partial charge in [-0.2, -0.15) is 0 Å². The van der Waals surface area contributed by atoms with Crippen LogP contribution in [0.25, 0.3) is 10.2 Å². The lowest BCUT2D eigenvalue weighted by Crippen LogP contribution is -2.42. The Labute approximate surface area is 239 Å². The van der Waals surface area contributed by atoms with E-state index in [2.05, 4.69) is 35.1 Å². The van der Waals surface area contributed by atoms with E-state index in [1.54, 1.807) is 34.6 Å². The molecule has 1 aliphatic heterocycles. The summed E-state index contributed by atoms with van der Waals surface area (Å²) in [7, 11) is 0. The van der Waals surface area contributed by atoms with Crippen LogP contribution in [0.15, 0.2) is 36.5 Å². The number of ether oxygens (including phenoxy) is 2. The molecule has 0 unspecified atom stereocenters. The Hall–Kier alpha value is -3.24. The number of amides is 2. The van der Waals surface area contributed by atoms with E-state index in [4.69, 9.17) is 9.47 Å². The van der Waals surface area contributed by atoms with E-state index in [0.29, 0.717) is 43.8 Å². The van der Waals surface area contributed by atoms with Gasteiger partial charge in [0, 0.05) is 54.9 Å². The second-order valence-corrected chi connectivity index (χ2v) is 12.2. The van der Waals surface area contributed by atoms with E-state index in [1.807, 2.05) is 20.8 Å². The molecule has 1 fully saturated rings. The summed E-state index contributed by atoms with van der Waals surface area (Å²) in [4.78, 5) is 34.6. The first kappa shape index (κ1) is 29.7. The number of likely N-dealkylation sites (tertiary alicyclic amines) is 1. The van der Waals surface area contributed by atoms with Crippen LogP contribution in [0.2, 0.25) is 0 Å². The number of fused-ring (bicyclic) bond motifs is 1. The van der Waals surface area contributed by atoms with E-state index in [9.17, 15) is 9.59 Å². The third kappa shape index (κ3) is 7.91. The molecule has 2 amide bonds. The number of carbonyl (C=O) groups is 2. The molecule has 0 saturated carbocycles. The Bertz CT molecular complexity index is 1330. The Morgan fingerprint density at radius 1 is 1.12 bits per heavy atom. The smallest absolute Gasteiger partial charge is 0.410 e. The van der Waals surface area contributed by atoms with Crippen molar-refractivity contribution in [1.29, 1.82) is 0 Å². The van der Waals surface area contributed by atoms with Crippen LogP contribution in [0.3, 0.4) is 0 Å². The minimum Gasteiger partial charge on any atom is -0.453 e. The van der Waals surface area contributed by atoms with Crippen molar-refractivity contribution in [3.8, 4) is 11.5 Å². The number of nitrogens with one attached hydrogen (secondary N) is 1. The fourth-order valence-electron chi connectivity index (χ4n) is 4.69. The zero-order chi connectivity index (χ0) is 28.9. The molecule has 1 N–H and O–H groups in total. The summed E-state index contributed by atoms with van der Waals surface area (Å²) in [5, 5.41) is 2.80. The van der Waals surface area contributed by atoms with Gasteiger partial charge >= 0.3 is 6.09 Å². The van der Waals surface area contributed by atoms with Gasteiger partial charge in [-0.15, -0.1) is 11.3 Å². The van der Waals surface area contributed by atoms with Gasteiger partial charge in [0.15, 0.2) is 11.6 Å². The number of hydrogen-bond acceptors (Lipinski definition) is 7. The van der Waals surface area contributed by atoms with Crippen molar-refractivity contribution in [2.45, 2.75) is 66.0 Å². The highest BCUT2D eigenvalue weighted by Gasteiger charge is 2.28. The number of rotatable bonds is 9. The van der Waals surface area contributed by atoms with Gasteiger partial charge in [-0.1, -0.05) is 13.8 Å². The minimum atomic E-state index is -0.562. The maximum atomic E-state index is 15.0. The van der Waals surface area contributed by atoms with Crippen molar-refractivity contribution in [2.75, 3.05) is 31.5 Å². The monoisotopic (exact) mass is 570 g/mol. The summed E-state index contributed by atoms with van der Waals surface area (Å²) < 4.78 is 27.3. The molecule has 0 spiro atoms. The number of benzene rings is 1. The molecule has 3 aromatic rings. The largest absolute Gasteiger partial charge is 0.453 e. The molecule has 10 heteroatoms. The summed E-state index contributed by atoms with van der Waals surface area (Å²) >= 11 is 1.60. The summed E-state index contributed by atoms with van der Waals surface area (Å²) in [5.41, 5.74) is 0.664. The molecule has 8 nitrogen and oxygen atoms in total. The third-order valence-electron chi connectivity index (χ3n) is 6.88. The highest BCUT2D eigenvalue weighted by Crippen LogP contribution is 2.36. The number of nitrogens with zero attached hydrogens (tertiary/aromatic N) is 3. The molecule has 0 aliphatic carbocycles. The summed E-state index contributed by atoms with van der Waals surface area (Å²) in [6.07, 6.45) is 3.09. The average molecular weight is 571 g/mol. The lowest BCUT2D eigenvalue weighted by Gasteiger charge is -2.33. The van der Waals surface area contributed by atoms with Gasteiger partial charge in [-0.05, 0) is 70.8 Å². The lowest BCUT2D eigenvalue weighted by molar-refractivity contribution is -0.117. The third-order valence-corrected chi connectivity index (χ3v) is 8.00. The summed E-state index contributed by atoms with van der Waals surface area (Å²) in [6, 6.07) is 8.24. The number of pyridine rings is 1. The maximum absolute atomic E-state index is 15.0. The quantitative estimate of drug-likeness (QED) is 0.297. The molecular formula is C30H39FN4O4S. The second-order valence-electron chi connectivity index (χ2n) is 11.1. The number of anilines is 1. The number of carbonyl (C=O) groups excluding carboxylic acids is 2. The molecule has 1 saturated heterocycles. The Kier molecular flexibility index (Phi) is 9.63. The molecule has 4 rings (SSSR count). The molecule has 1 aliphatic rings. The topological polar surface area (TPSA) is 84.0 Å². The van der Waals surface area contributed by atoms with Crippen molar-refractivity contribution < 1.29 is 23.5 Å². The molecule has 0 bridgehead atoms. The van der Waals surface area contributed by atoms with Crippen molar-refractivity contribution in [1.82, 2.24) is 14.8 Å². The summed E-state index contributed by atoms with van der Waals surface area (Å²) in [6.45, 7) is 13.7. The van der Waals surface area contributed by atoms with Crippen LogP contribution in [0.5, 0.6) is 11.5 Å². The second kappa shape index (κ2) is 13.0. The Balaban J connectivity index is 1.32. The van der Waals surface area contributed by atoms with Gasteiger partial charge in [0.1, 0.15) is 11.4 Å². The number of piperidine rings is 1. The minimum absolute atomic E-state index is 0.0821. The normalized spacial score (nSPS) is 14.5. The number of thiophene rings is 1. The van der Waals surface area contributed by atoms with Gasteiger partial charge < -0.3 is 19.7 Å². The van der Waals surface area contributed by atoms with E-state index in [-0.39, 0.29) is 23.7 Å². The Morgan fingerprint density at radius 2 is 1.85 bits per heavy atom. The summed E-state index contributed by atoms with van der Waals surface area (Å²) in [5.74, 6) is 0.0397. The highest BCUT2D eigenvalue weighted by molar-refractivity contribution is 7.19. The number of aromatic nitrogens is 1. The molecule has 1 aromatic carbocycles. The van der Waals surface area contributed by atoms with Crippen LogP contribution in [0, 0.1) is 11.7 Å². The van der Waals surface area contributed by atoms with Crippen LogP contribution >= 0.6 is 11.3 Å². The zero-order valence-electron chi connectivity index (χ0n) is 24.0. The average Bonchev–Trinajstić information content (AvgIpc) is 3.32. The van der Waals surface area contributed by atoms with Crippen LogP contribution in [-0.2, 0) is 16.1 Å². The van der Waals surface area contributed by atoms with Crippen molar-refractivity contribution in [3.63, 3.8) is 0 Å². The van der Waals surface area contributed by atoms with Crippen LogP contribution < -0.4 is 10.1 Å². The fourth-order valence-corrected chi connectivity index (χ4v) is 5.80. The maximum Gasteiger partial charge on any atom is 0.410 e. The van der Waals surface area contributed by atoms with E-state index in [0.717, 1.165) is 29.9 Å². The Morgan fingerprint density at radius 3 is 2.50 bits per heavy atom. The zero-order valence-corrected chi connectivity index (χ0v) is 24.8. The van der Waals surface area contributed by atoms with Gasteiger partial charge in [0.25, 0.3) is 0 Å². The molecular weight excluding hydrogens is 531 g/mol. The van der Waals surface area contributed by atoms with Crippen molar-refractivity contribution >= 4 is 39.2 Å².